The van der Waals surface area contributed by atoms with Crippen LogP contribution in [0.15, 0.2) is 0 Å². The lowest BCUT2D eigenvalue weighted by molar-refractivity contribution is -0.123. The molecule has 0 unspecified atom stereocenters. The van der Waals surface area contributed by atoms with Gasteiger partial charge >= 0.3 is 5.97 Å². The number of ether oxygens (including phenoxy) is 1. The van der Waals surface area contributed by atoms with Crippen LogP contribution in [0, 0.1) is 19.8 Å². The highest BCUT2D eigenvalue weighted by atomic mass is 16.5. The summed E-state index contributed by atoms with van der Waals surface area (Å²) in [6.45, 7) is 6.89. The van der Waals surface area contributed by atoms with Crippen molar-refractivity contribution in [3.8, 4) is 0 Å². The zero-order valence-electron chi connectivity index (χ0n) is 14.5. The Bertz CT molecular complexity index is 651. The molecule has 1 amide bonds. The van der Waals surface area contributed by atoms with Gasteiger partial charge in [-0.15, -0.1) is 0 Å². The molecule has 2 heterocycles. The molecule has 2 rings (SSSR count). The molecule has 0 aromatic carbocycles. The fraction of sp³-hybridized carbons (Fsp3) is 0.588. The number of esters is 1. The third kappa shape index (κ3) is 3.84. The molecule has 7 heteroatoms. The predicted molar refractivity (Wildman–Crippen MR) is 88.9 cm³/mol. The number of aromatic nitrogens is 1. The third-order valence-corrected chi connectivity index (χ3v) is 4.41. The zero-order chi connectivity index (χ0) is 17.9. The van der Waals surface area contributed by atoms with E-state index in [0.717, 1.165) is 19.4 Å². The number of hydrogen-bond donors (Lipinski definition) is 2. The molecule has 7 nitrogen and oxygen atoms in total. The summed E-state index contributed by atoms with van der Waals surface area (Å²) in [5.41, 5.74) is 7.35. The van der Waals surface area contributed by atoms with Gasteiger partial charge in [-0.1, -0.05) is 0 Å². The lowest BCUT2D eigenvalue weighted by Crippen LogP contribution is -2.43. The molecule has 1 aromatic heterocycles. The van der Waals surface area contributed by atoms with Gasteiger partial charge in [0, 0.05) is 17.9 Å². The van der Waals surface area contributed by atoms with Crippen LogP contribution in [0.5, 0.6) is 0 Å². The van der Waals surface area contributed by atoms with E-state index < -0.39 is 5.97 Å². The number of nitrogens with one attached hydrogen (secondary N) is 1. The molecule has 1 saturated heterocycles. The first kappa shape index (κ1) is 18.2. The number of amides is 1. The number of hydrogen-bond acceptors (Lipinski definition) is 5. The summed E-state index contributed by atoms with van der Waals surface area (Å²) in [6.07, 6.45) is 1.59. The molecule has 1 atom stereocenters. The lowest BCUT2D eigenvalue weighted by Gasteiger charge is -2.30. The van der Waals surface area contributed by atoms with Crippen molar-refractivity contribution in [1.29, 1.82) is 0 Å². The summed E-state index contributed by atoms with van der Waals surface area (Å²) in [5.74, 6) is -1.18. The van der Waals surface area contributed by atoms with Gasteiger partial charge < -0.3 is 15.5 Å². The summed E-state index contributed by atoms with van der Waals surface area (Å²) >= 11 is 0. The van der Waals surface area contributed by atoms with E-state index in [1.165, 1.54) is 0 Å². The van der Waals surface area contributed by atoms with E-state index in [4.69, 9.17) is 10.5 Å². The Morgan fingerprint density at radius 3 is 2.54 bits per heavy atom. The fourth-order valence-corrected chi connectivity index (χ4v) is 3.30. The number of H-pyrrole nitrogens is 1. The van der Waals surface area contributed by atoms with Crippen LogP contribution >= 0.6 is 0 Å². The van der Waals surface area contributed by atoms with Gasteiger partial charge in [-0.05, 0) is 40.2 Å². The topological polar surface area (TPSA) is 105 Å². The number of aryl methyl sites for hydroxylation is 2. The van der Waals surface area contributed by atoms with Gasteiger partial charge in [-0.2, -0.15) is 0 Å². The number of aromatic amines is 1. The number of primary amides is 1. The maximum absolute atomic E-state index is 12.8. The molecule has 1 aliphatic rings. The van der Waals surface area contributed by atoms with Crippen molar-refractivity contribution in [2.45, 2.75) is 33.6 Å². The minimum Gasteiger partial charge on any atom is -0.462 e. The average Bonchev–Trinajstić information content (AvgIpc) is 2.82. The van der Waals surface area contributed by atoms with Crippen molar-refractivity contribution < 1.29 is 19.1 Å². The van der Waals surface area contributed by atoms with Crippen molar-refractivity contribution in [1.82, 2.24) is 9.88 Å². The molecular formula is C17H25N3O4. The Kier molecular flexibility index (Phi) is 5.77. The SMILES string of the molecule is CCOC(=O)c1c(C)[nH]c(C)c1C(=O)CN1CCC[C@@H](C(N)=O)C1. The summed E-state index contributed by atoms with van der Waals surface area (Å²) in [7, 11) is 0. The molecule has 1 aromatic rings. The van der Waals surface area contributed by atoms with Gasteiger partial charge in [-0.3, -0.25) is 14.5 Å². The molecule has 0 radical (unpaired) electrons. The number of rotatable bonds is 6. The molecule has 1 aliphatic heterocycles. The monoisotopic (exact) mass is 335 g/mol. The van der Waals surface area contributed by atoms with Crippen molar-refractivity contribution in [2.75, 3.05) is 26.2 Å². The van der Waals surface area contributed by atoms with Crippen molar-refractivity contribution >= 4 is 17.7 Å². The molecule has 0 saturated carbocycles. The lowest BCUT2D eigenvalue weighted by atomic mass is 9.96. The fourth-order valence-electron chi connectivity index (χ4n) is 3.30. The summed E-state index contributed by atoms with van der Waals surface area (Å²) in [5, 5.41) is 0. The number of carbonyl (C=O) groups is 3. The Balaban J connectivity index is 2.18. The van der Waals surface area contributed by atoms with Crippen molar-refractivity contribution in [3.63, 3.8) is 0 Å². The average molecular weight is 335 g/mol. The second-order valence-corrected chi connectivity index (χ2v) is 6.25. The van der Waals surface area contributed by atoms with Crippen LogP contribution in [0.1, 0.15) is 51.9 Å². The van der Waals surface area contributed by atoms with Crippen LogP contribution in [0.4, 0.5) is 0 Å². The highest BCUT2D eigenvalue weighted by Crippen LogP contribution is 2.22. The maximum Gasteiger partial charge on any atom is 0.340 e. The Morgan fingerprint density at radius 2 is 1.92 bits per heavy atom. The molecule has 0 aliphatic carbocycles. The predicted octanol–water partition coefficient (Wildman–Crippen LogP) is 1.19. The molecule has 3 N–H and O–H groups in total. The van der Waals surface area contributed by atoms with E-state index in [-0.39, 0.29) is 30.8 Å². The number of likely N-dealkylation sites (tertiary alicyclic amines) is 1. The smallest absolute Gasteiger partial charge is 0.340 e. The van der Waals surface area contributed by atoms with Gasteiger partial charge in [0.25, 0.3) is 0 Å². The Hall–Kier alpha value is -2.15. The normalized spacial score (nSPS) is 18.4. The first-order valence-electron chi connectivity index (χ1n) is 8.26. The molecule has 0 spiro atoms. The highest BCUT2D eigenvalue weighted by molar-refractivity contribution is 6.09. The zero-order valence-corrected chi connectivity index (χ0v) is 14.5. The van der Waals surface area contributed by atoms with Crippen LogP contribution in [-0.2, 0) is 9.53 Å². The van der Waals surface area contributed by atoms with E-state index >= 15 is 0 Å². The van der Waals surface area contributed by atoms with Gasteiger partial charge in [0.1, 0.15) is 0 Å². The van der Waals surface area contributed by atoms with Crippen molar-refractivity contribution in [3.05, 3.63) is 22.5 Å². The molecular weight excluding hydrogens is 310 g/mol. The maximum atomic E-state index is 12.8. The molecule has 132 valence electrons. The largest absolute Gasteiger partial charge is 0.462 e. The number of nitrogens with zero attached hydrogens (tertiary/aromatic N) is 1. The second kappa shape index (κ2) is 7.61. The molecule has 24 heavy (non-hydrogen) atoms. The summed E-state index contributed by atoms with van der Waals surface area (Å²) in [6, 6.07) is 0. The van der Waals surface area contributed by atoms with Crippen LogP contribution in [0.2, 0.25) is 0 Å². The number of ketones is 1. The first-order valence-corrected chi connectivity index (χ1v) is 8.26. The molecule has 1 fully saturated rings. The van der Waals surface area contributed by atoms with Gasteiger partial charge in [0.15, 0.2) is 5.78 Å². The number of Topliss-reactive ketones (excluding diaryl/α,β-unsaturated/α-hetero) is 1. The minimum absolute atomic E-state index is 0.148. The number of nitrogens with two attached hydrogens (primary N) is 1. The first-order chi connectivity index (χ1) is 11.3. The number of piperidine rings is 1. The Labute approximate surface area is 141 Å². The van der Waals surface area contributed by atoms with Crippen LogP contribution in [0.3, 0.4) is 0 Å². The van der Waals surface area contributed by atoms with Gasteiger partial charge in [-0.25, -0.2) is 4.79 Å². The van der Waals surface area contributed by atoms with Crippen molar-refractivity contribution in [2.24, 2.45) is 11.7 Å². The van der Waals surface area contributed by atoms with Crippen LogP contribution < -0.4 is 5.73 Å². The summed E-state index contributed by atoms with van der Waals surface area (Å²) in [4.78, 5) is 41.3. The van der Waals surface area contributed by atoms with E-state index in [9.17, 15) is 14.4 Å². The number of carbonyl (C=O) groups excluding carboxylic acids is 3. The van der Waals surface area contributed by atoms with E-state index in [1.54, 1.807) is 20.8 Å². The standard InChI is InChI=1S/C17H25N3O4/c1-4-24-17(23)15-11(3)19-10(2)14(15)13(21)9-20-7-5-6-12(8-20)16(18)22/h12,19H,4-9H2,1-3H3,(H2,18,22)/t12-/m1/s1. The van der Waals surface area contributed by atoms with Crippen LogP contribution in [0.25, 0.3) is 0 Å². The van der Waals surface area contributed by atoms with Crippen LogP contribution in [-0.4, -0.2) is 53.8 Å². The third-order valence-electron chi connectivity index (χ3n) is 4.41. The van der Waals surface area contributed by atoms with E-state index in [2.05, 4.69) is 4.98 Å². The van der Waals surface area contributed by atoms with Gasteiger partial charge in [0.2, 0.25) is 5.91 Å². The second-order valence-electron chi connectivity index (χ2n) is 6.25. The summed E-state index contributed by atoms with van der Waals surface area (Å²) < 4.78 is 5.07. The Morgan fingerprint density at radius 1 is 1.25 bits per heavy atom. The van der Waals surface area contributed by atoms with Gasteiger partial charge in [0.05, 0.1) is 30.2 Å². The van der Waals surface area contributed by atoms with E-state index in [1.807, 2.05) is 4.90 Å². The highest BCUT2D eigenvalue weighted by Gasteiger charge is 2.29. The quantitative estimate of drug-likeness (QED) is 0.600. The van der Waals surface area contributed by atoms with E-state index in [0.29, 0.717) is 29.1 Å². The molecule has 0 bridgehead atoms. The minimum atomic E-state index is -0.489.